The van der Waals surface area contributed by atoms with E-state index in [-0.39, 0.29) is 5.91 Å². The van der Waals surface area contributed by atoms with E-state index in [2.05, 4.69) is 5.32 Å². The Hall–Kier alpha value is -0.810. The second-order valence-corrected chi connectivity index (χ2v) is 5.41. The summed E-state index contributed by atoms with van der Waals surface area (Å²) in [6.45, 7) is 2.36. The Bertz CT molecular complexity index is 442. The Morgan fingerprint density at radius 1 is 1.42 bits per heavy atom. The lowest BCUT2D eigenvalue weighted by Crippen LogP contribution is -2.48. The molecule has 0 radical (unpaired) electrons. The Morgan fingerprint density at radius 2 is 2.11 bits per heavy atom. The van der Waals surface area contributed by atoms with Crippen LogP contribution in [0.5, 0.6) is 0 Å². The van der Waals surface area contributed by atoms with Gasteiger partial charge in [0.2, 0.25) is 0 Å². The molecule has 1 amide bonds. The van der Waals surface area contributed by atoms with Gasteiger partial charge < -0.3 is 15.0 Å². The third-order valence-electron chi connectivity index (χ3n) is 2.92. The number of hydrogen-bond donors (Lipinski definition) is 1. The number of amides is 1. The highest BCUT2D eigenvalue weighted by Crippen LogP contribution is 2.20. The van der Waals surface area contributed by atoms with E-state index in [4.69, 9.17) is 27.9 Å². The van der Waals surface area contributed by atoms with E-state index in [0.29, 0.717) is 29.7 Å². The summed E-state index contributed by atoms with van der Waals surface area (Å²) < 4.78 is 5.44. The first-order valence-electron chi connectivity index (χ1n) is 6.08. The Balaban J connectivity index is 1.99. The number of benzene rings is 1. The van der Waals surface area contributed by atoms with Gasteiger partial charge in [0.25, 0.3) is 5.91 Å². The van der Waals surface area contributed by atoms with E-state index in [1.54, 1.807) is 30.1 Å². The summed E-state index contributed by atoms with van der Waals surface area (Å²) in [6, 6.07) is 5.27. The van der Waals surface area contributed by atoms with Crippen LogP contribution >= 0.6 is 23.2 Å². The van der Waals surface area contributed by atoms with Crippen LogP contribution in [0.2, 0.25) is 10.0 Å². The predicted molar refractivity (Wildman–Crippen MR) is 75.5 cm³/mol. The van der Waals surface area contributed by atoms with Gasteiger partial charge in [-0.15, -0.1) is 0 Å². The van der Waals surface area contributed by atoms with Crippen LogP contribution in [0, 0.1) is 0 Å². The number of likely N-dealkylation sites (N-methyl/N-ethyl adjacent to an activating group) is 1. The molecule has 1 aliphatic rings. The highest BCUT2D eigenvalue weighted by Gasteiger charge is 2.24. The third kappa shape index (κ3) is 4.08. The van der Waals surface area contributed by atoms with Crippen LogP contribution in [0.15, 0.2) is 18.2 Å². The molecule has 1 N–H and O–H groups in total. The molecule has 0 saturated carbocycles. The SMILES string of the molecule is CN(Cc1cc(Cl)cc(Cl)c1)C(=O)C1CNCCO1. The normalized spacial score (nSPS) is 19.2. The molecular formula is C13H16Cl2N2O2. The Labute approximate surface area is 122 Å². The fourth-order valence-corrected chi connectivity index (χ4v) is 2.60. The van der Waals surface area contributed by atoms with Crippen LogP contribution in [0.1, 0.15) is 5.56 Å². The van der Waals surface area contributed by atoms with Gasteiger partial charge in [-0.25, -0.2) is 0 Å². The Kier molecular flexibility index (Phi) is 5.05. The third-order valence-corrected chi connectivity index (χ3v) is 3.36. The molecule has 0 aliphatic carbocycles. The molecule has 4 nitrogen and oxygen atoms in total. The number of hydrogen-bond acceptors (Lipinski definition) is 3. The number of ether oxygens (including phenoxy) is 1. The molecule has 0 bridgehead atoms. The van der Waals surface area contributed by atoms with E-state index in [1.807, 2.05) is 0 Å². The van der Waals surface area contributed by atoms with Crippen molar-refractivity contribution < 1.29 is 9.53 Å². The molecule has 1 heterocycles. The van der Waals surface area contributed by atoms with Gasteiger partial charge >= 0.3 is 0 Å². The average Bonchev–Trinajstić information content (AvgIpc) is 2.37. The van der Waals surface area contributed by atoms with Crippen molar-refractivity contribution in [2.45, 2.75) is 12.6 Å². The highest BCUT2D eigenvalue weighted by molar-refractivity contribution is 6.34. The summed E-state index contributed by atoms with van der Waals surface area (Å²) >= 11 is 11.9. The van der Waals surface area contributed by atoms with Gasteiger partial charge in [-0.05, 0) is 23.8 Å². The number of nitrogens with zero attached hydrogens (tertiary/aromatic N) is 1. The molecule has 104 valence electrons. The van der Waals surface area contributed by atoms with Crippen LogP contribution in [-0.4, -0.2) is 43.7 Å². The van der Waals surface area contributed by atoms with Crippen LogP contribution in [0.25, 0.3) is 0 Å². The van der Waals surface area contributed by atoms with Gasteiger partial charge in [-0.1, -0.05) is 23.2 Å². The van der Waals surface area contributed by atoms with Gasteiger partial charge in [0, 0.05) is 36.7 Å². The fraction of sp³-hybridized carbons (Fsp3) is 0.462. The first-order valence-corrected chi connectivity index (χ1v) is 6.84. The van der Waals surface area contributed by atoms with Crippen molar-refractivity contribution in [1.29, 1.82) is 0 Å². The van der Waals surface area contributed by atoms with Gasteiger partial charge in [0.05, 0.1) is 6.61 Å². The number of carbonyl (C=O) groups excluding carboxylic acids is 1. The molecule has 0 spiro atoms. The zero-order valence-corrected chi connectivity index (χ0v) is 12.2. The molecule has 19 heavy (non-hydrogen) atoms. The van der Waals surface area contributed by atoms with E-state index in [9.17, 15) is 4.79 Å². The summed E-state index contributed by atoms with van der Waals surface area (Å²) in [6.07, 6.45) is -0.409. The van der Waals surface area contributed by atoms with Crippen molar-refractivity contribution in [1.82, 2.24) is 10.2 Å². The quantitative estimate of drug-likeness (QED) is 0.928. The van der Waals surface area contributed by atoms with Crippen molar-refractivity contribution in [2.24, 2.45) is 0 Å². The topological polar surface area (TPSA) is 41.6 Å². The molecule has 1 saturated heterocycles. The molecular weight excluding hydrogens is 287 g/mol. The lowest BCUT2D eigenvalue weighted by Gasteiger charge is -2.27. The monoisotopic (exact) mass is 302 g/mol. The molecule has 1 aromatic rings. The molecule has 1 unspecified atom stereocenters. The second kappa shape index (κ2) is 6.57. The van der Waals surface area contributed by atoms with Gasteiger partial charge in [0.15, 0.2) is 0 Å². The number of carbonyl (C=O) groups is 1. The number of halogens is 2. The minimum Gasteiger partial charge on any atom is -0.366 e. The first-order chi connectivity index (χ1) is 9.06. The number of morpholine rings is 1. The zero-order chi connectivity index (χ0) is 13.8. The summed E-state index contributed by atoms with van der Waals surface area (Å²) in [5.41, 5.74) is 0.900. The summed E-state index contributed by atoms with van der Waals surface area (Å²) in [5.74, 6) is -0.0386. The smallest absolute Gasteiger partial charge is 0.253 e. The van der Waals surface area contributed by atoms with Gasteiger partial charge in [0.1, 0.15) is 6.10 Å². The zero-order valence-electron chi connectivity index (χ0n) is 10.7. The van der Waals surface area contributed by atoms with Crippen LogP contribution < -0.4 is 5.32 Å². The number of nitrogens with one attached hydrogen (secondary N) is 1. The van der Waals surface area contributed by atoms with Crippen molar-refractivity contribution in [3.8, 4) is 0 Å². The maximum atomic E-state index is 12.2. The lowest BCUT2D eigenvalue weighted by molar-refractivity contribution is -0.144. The van der Waals surface area contributed by atoms with Crippen molar-refractivity contribution >= 4 is 29.1 Å². The van der Waals surface area contributed by atoms with E-state index in [1.165, 1.54) is 0 Å². The van der Waals surface area contributed by atoms with E-state index in [0.717, 1.165) is 12.1 Å². The molecule has 1 fully saturated rings. The van der Waals surface area contributed by atoms with Crippen LogP contribution in [0.4, 0.5) is 0 Å². The lowest BCUT2D eigenvalue weighted by atomic mass is 10.2. The largest absolute Gasteiger partial charge is 0.366 e. The highest BCUT2D eigenvalue weighted by atomic mass is 35.5. The maximum absolute atomic E-state index is 12.2. The number of rotatable bonds is 3. The molecule has 6 heteroatoms. The molecule has 2 rings (SSSR count). The second-order valence-electron chi connectivity index (χ2n) is 4.54. The van der Waals surface area contributed by atoms with Crippen molar-refractivity contribution in [3.05, 3.63) is 33.8 Å². The molecule has 1 aromatic carbocycles. The summed E-state index contributed by atoms with van der Waals surface area (Å²) in [4.78, 5) is 13.8. The molecule has 1 atom stereocenters. The predicted octanol–water partition coefficient (Wildman–Crippen LogP) is 1.94. The fourth-order valence-electron chi connectivity index (χ4n) is 2.02. The standard InChI is InChI=1S/C13H16Cl2N2O2/c1-17(13(18)12-7-16-2-3-19-12)8-9-4-10(14)6-11(15)5-9/h4-6,12,16H,2-3,7-8H2,1H3. The Morgan fingerprint density at radius 3 is 2.68 bits per heavy atom. The minimum absolute atomic E-state index is 0.0386. The van der Waals surface area contributed by atoms with Crippen molar-refractivity contribution in [3.63, 3.8) is 0 Å². The van der Waals surface area contributed by atoms with Gasteiger partial charge in [-0.2, -0.15) is 0 Å². The van der Waals surface area contributed by atoms with E-state index < -0.39 is 6.10 Å². The maximum Gasteiger partial charge on any atom is 0.253 e. The molecule has 0 aromatic heterocycles. The average molecular weight is 303 g/mol. The molecule has 1 aliphatic heterocycles. The van der Waals surface area contributed by atoms with Gasteiger partial charge in [-0.3, -0.25) is 4.79 Å². The first kappa shape index (κ1) is 14.6. The van der Waals surface area contributed by atoms with Crippen LogP contribution in [0.3, 0.4) is 0 Å². The summed E-state index contributed by atoms with van der Waals surface area (Å²) in [5, 5.41) is 4.27. The van der Waals surface area contributed by atoms with Crippen LogP contribution in [-0.2, 0) is 16.1 Å². The van der Waals surface area contributed by atoms with E-state index >= 15 is 0 Å². The minimum atomic E-state index is -0.409. The van der Waals surface area contributed by atoms with Crippen molar-refractivity contribution in [2.75, 3.05) is 26.7 Å². The summed E-state index contributed by atoms with van der Waals surface area (Å²) in [7, 11) is 1.75.